The second-order valence-corrected chi connectivity index (χ2v) is 6.09. The molecule has 0 saturated carbocycles. The summed E-state index contributed by atoms with van der Waals surface area (Å²) in [4.78, 5) is 6.83. The Labute approximate surface area is 140 Å². The zero-order valence-electron chi connectivity index (χ0n) is 14.9. The van der Waals surface area contributed by atoms with E-state index in [0.29, 0.717) is 17.8 Å². The predicted molar refractivity (Wildman–Crippen MR) is 97.7 cm³/mol. The molecule has 4 heteroatoms. The van der Waals surface area contributed by atoms with Crippen molar-refractivity contribution >= 4 is 11.5 Å². The summed E-state index contributed by atoms with van der Waals surface area (Å²) in [5.41, 5.74) is 7.62. The average Bonchev–Trinajstić information content (AvgIpc) is 2.48. The molecule has 0 amide bonds. The van der Waals surface area contributed by atoms with Crippen LogP contribution >= 0.6 is 0 Å². The van der Waals surface area contributed by atoms with Crippen molar-refractivity contribution in [2.75, 3.05) is 13.1 Å². The monoisotopic (exact) mass is 319 g/mol. The molecule has 0 aliphatic carbocycles. The van der Waals surface area contributed by atoms with Crippen molar-refractivity contribution in [3.8, 4) is 0 Å². The number of allylic oxidation sites excluding steroid dienone is 1. The quantitative estimate of drug-likeness (QED) is 0.543. The van der Waals surface area contributed by atoms with Gasteiger partial charge in [0.1, 0.15) is 17.3 Å². The number of rotatable bonds is 8. The number of benzene rings is 1. The molecule has 128 valence electrons. The van der Waals surface area contributed by atoms with E-state index in [4.69, 9.17) is 5.73 Å². The van der Waals surface area contributed by atoms with Crippen LogP contribution in [-0.2, 0) is 0 Å². The molecule has 0 aliphatic rings. The third kappa shape index (κ3) is 5.70. The first-order chi connectivity index (χ1) is 10.9. The van der Waals surface area contributed by atoms with Gasteiger partial charge in [0.2, 0.25) is 0 Å². The van der Waals surface area contributed by atoms with Gasteiger partial charge in [0.25, 0.3) is 0 Å². The predicted octanol–water partition coefficient (Wildman–Crippen LogP) is 4.96. The van der Waals surface area contributed by atoms with Gasteiger partial charge in [0.05, 0.1) is 0 Å². The largest absolute Gasteiger partial charge is 0.402 e. The number of nitrogens with zero attached hydrogens (tertiary/aromatic N) is 2. The van der Waals surface area contributed by atoms with E-state index < -0.39 is 0 Å². The third-order valence-electron chi connectivity index (χ3n) is 3.84. The molecule has 1 aromatic rings. The van der Waals surface area contributed by atoms with Crippen LogP contribution in [0.2, 0.25) is 0 Å². The van der Waals surface area contributed by atoms with Crippen molar-refractivity contribution < 1.29 is 4.39 Å². The highest BCUT2D eigenvalue weighted by Crippen LogP contribution is 2.32. The summed E-state index contributed by atoms with van der Waals surface area (Å²) < 4.78 is 14.4. The van der Waals surface area contributed by atoms with Gasteiger partial charge >= 0.3 is 0 Å². The van der Waals surface area contributed by atoms with E-state index in [1.807, 2.05) is 19.9 Å². The molecule has 0 radical (unpaired) electrons. The highest BCUT2D eigenvalue weighted by Gasteiger charge is 2.15. The normalized spacial score (nSPS) is 13.0. The molecule has 3 nitrogen and oxygen atoms in total. The number of aliphatic imine (C=N–C) groups is 1. The molecule has 0 spiro atoms. The molecule has 1 rings (SSSR count). The van der Waals surface area contributed by atoms with E-state index in [1.165, 1.54) is 6.07 Å². The van der Waals surface area contributed by atoms with Gasteiger partial charge in [-0.1, -0.05) is 39.5 Å². The van der Waals surface area contributed by atoms with Crippen LogP contribution in [0.15, 0.2) is 35.5 Å². The number of halogens is 1. The molecule has 0 aliphatic heterocycles. The standard InChI is InChI=1S/C19H30FN3/c1-6-11-23(12-7-2)16(5)22-19-17(9-8-10-18(19)20)14(3)13-15(4)21/h8-10,14H,4,6-7,11-13,21H2,1-3,5H3. The summed E-state index contributed by atoms with van der Waals surface area (Å²) in [5.74, 6) is 0.656. The number of hydrogen-bond donors (Lipinski definition) is 1. The summed E-state index contributed by atoms with van der Waals surface area (Å²) in [5, 5.41) is 0. The van der Waals surface area contributed by atoms with Gasteiger partial charge in [0.15, 0.2) is 0 Å². The average molecular weight is 319 g/mol. The third-order valence-corrected chi connectivity index (χ3v) is 3.84. The maximum absolute atomic E-state index is 14.4. The highest BCUT2D eigenvalue weighted by molar-refractivity contribution is 5.83. The minimum absolute atomic E-state index is 0.0838. The van der Waals surface area contributed by atoms with Gasteiger partial charge in [-0.2, -0.15) is 0 Å². The molecule has 0 bridgehead atoms. The first-order valence-electron chi connectivity index (χ1n) is 8.42. The van der Waals surface area contributed by atoms with Crippen molar-refractivity contribution in [3.63, 3.8) is 0 Å². The Morgan fingerprint density at radius 3 is 2.43 bits per heavy atom. The van der Waals surface area contributed by atoms with Crippen LogP contribution in [0.5, 0.6) is 0 Å². The van der Waals surface area contributed by atoms with Crippen LogP contribution in [0.4, 0.5) is 10.1 Å². The van der Waals surface area contributed by atoms with E-state index >= 15 is 0 Å². The van der Waals surface area contributed by atoms with Crippen LogP contribution in [0.3, 0.4) is 0 Å². The van der Waals surface area contributed by atoms with Crippen LogP contribution in [0.1, 0.15) is 58.4 Å². The first kappa shape index (κ1) is 19.2. The zero-order valence-corrected chi connectivity index (χ0v) is 14.9. The summed E-state index contributed by atoms with van der Waals surface area (Å²) in [7, 11) is 0. The lowest BCUT2D eigenvalue weighted by molar-refractivity contribution is 0.414. The van der Waals surface area contributed by atoms with Crippen LogP contribution in [-0.4, -0.2) is 23.8 Å². The minimum atomic E-state index is -0.288. The topological polar surface area (TPSA) is 41.6 Å². The Kier molecular flexibility index (Phi) is 7.79. The molecule has 0 heterocycles. The van der Waals surface area contributed by atoms with Gasteiger partial charge in [-0.05, 0) is 43.7 Å². The van der Waals surface area contributed by atoms with Crippen LogP contribution in [0, 0.1) is 5.82 Å². The minimum Gasteiger partial charge on any atom is -0.402 e. The van der Waals surface area contributed by atoms with E-state index in [-0.39, 0.29) is 11.7 Å². The lowest BCUT2D eigenvalue weighted by atomic mass is 9.95. The van der Waals surface area contributed by atoms with E-state index in [1.54, 1.807) is 6.07 Å². The summed E-state index contributed by atoms with van der Waals surface area (Å²) in [6.07, 6.45) is 2.71. The van der Waals surface area contributed by atoms with Crippen molar-refractivity contribution in [3.05, 3.63) is 41.9 Å². The molecule has 1 aromatic carbocycles. The van der Waals surface area contributed by atoms with Crippen molar-refractivity contribution in [2.45, 2.75) is 52.9 Å². The van der Waals surface area contributed by atoms with Crippen molar-refractivity contribution in [2.24, 2.45) is 10.7 Å². The fraction of sp³-hybridized carbons (Fsp3) is 0.526. The molecule has 1 atom stereocenters. The van der Waals surface area contributed by atoms with E-state index in [2.05, 4.69) is 30.3 Å². The molecule has 23 heavy (non-hydrogen) atoms. The summed E-state index contributed by atoms with van der Waals surface area (Å²) >= 11 is 0. The summed E-state index contributed by atoms with van der Waals surface area (Å²) in [6.45, 7) is 13.9. The number of nitrogens with two attached hydrogens (primary N) is 1. The number of hydrogen-bond acceptors (Lipinski definition) is 2. The SMILES string of the molecule is C=C(N)CC(C)c1cccc(F)c1N=C(C)N(CCC)CCC. The molecule has 0 saturated heterocycles. The van der Waals surface area contributed by atoms with Crippen LogP contribution in [0.25, 0.3) is 0 Å². The van der Waals surface area contributed by atoms with Gasteiger partial charge in [-0.25, -0.2) is 9.38 Å². The molecule has 0 fully saturated rings. The Morgan fingerprint density at radius 1 is 1.30 bits per heavy atom. The number of amidine groups is 1. The summed E-state index contributed by atoms with van der Waals surface area (Å²) in [6, 6.07) is 5.11. The van der Waals surface area contributed by atoms with Gasteiger partial charge in [0, 0.05) is 18.8 Å². The fourth-order valence-corrected chi connectivity index (χ4v) is 2.76. The van der Waals surface area contributed by atoms with Crippen LogP contribution < -0.4 is 5.73 Å². The van der Waals surface area contributed by atoms with E-state index in [0.717, 1.165) is 37.3 Å². The smallest absolute Gasteiger partial charge is 0.149 e. The lowest BCUT2D eigenvalue weighted by Gasteiger charge is -2.24. The Balaban J connectivity index is 3.19. The second-order valence-electron chi connectivity index (χ2n) is 6.09. The maximum Gasteiger partial charge on any atom is 0.149 e. The van der Waals surface area contributed by atoms with Gasteiger partial charge in [-0.3, -0.25) is 0 Å². The Morgan fingerprint density at radius 2 is 1.91 bits per heavy atom. The molecular formula is C19H30FN3. The van der Waals surface area contributed by atoms with E-state index in [9.17, 15) is 4.39 Å². The zero-order chi connectivity index (χ0) is 17.4. The van der Waals surface area contributed by atoms with Crippen molar-refractivity contribution in [1.82, 2.24) is 4.90 Å². The molecule has 2 N–H and O–H groups in total. The molecule has 1 unspecified atom stereocenters. The molecule has 0 aromatic heterocycles. The van der Waals surface area contributed by atoms with Gasteiger partial charge in [-0.15, -0.1) is 0 Å². The lowest BCUT2D eigenvalue weighted by Crippen LogP contribution is -2.30. The van der Waals surface area contributed by atoms with Gasteiger partial charge < -0.3 is 10.6 Å². The Bertz CT molecular complexity index is 546. The second kappa shape index (κ2) is 9.33. The fourth-order valence-electron chi connectivity index (χ4n) is 2.76. The number of para-hydroxylation sites is 1. The van der Waals surface area contributed by atoms with Crippen molar-refractivity contribution in [1.29, 1.82) is 0 Å². The first-order valence-corrected chi connectivity index (χ1v) is 8.42. The highest BCUT2D eigenvalue weighted by atomic mass is 19.1. The molecular weight excluding hydrogens is 289 g/mol. The maximum atomic E-state index is 14.4. The Hall–Kier alpha value is -1.84.